The maximum Gasteiger partial charge on any atom is 0.174 e. The van der Waals surface area contributed by atoms with E-state index in [0.29, 0.717) is 21.6 Å². The zero-order valence-electron chi connectivity index (χ0n) is 16.7. The Hall–Kier alpha value is -3.00. The predicted octanol–water partition coefficient (Wildman–Crippen LogP) is 6.36. The molecule has 2 N–H and O–H groups in total. The van der Waals surface area contributed by atoms with Crippen molar-refractivity contribution in [3.63, 3.8) is 0 Å². The van der Waals surface area contributed by atoms with Crippen LogP contribution in [0.4, 0.5) is 5.69 Å². The van der Waals surface area contributed by atoms with Crippen LogP contribution in [0.3, 0.4) is 0 Å². The van der Waals surface area contributed by atoms with E-state index in [4.69, 9.17) is 28.2 Å². The molecule has 2 aromatic heterocycles. The van der Waals surface area contributed by atoms with Crippen molar-refractivity contribution in [2.24, 2.45) is 0 Å². The van der Waals surface area contributed by atoms with Gasteiger partial charge < -0.3 is 19.7 Å². The number of phenols is 1. The number of rotatable bonds is 5. The van der Waals surface area contributed by atoms with Gasteiger partial charge in [0.2, 0.25) is 0 Å². The Bertz CT molecular complexity index is 1250. The van der Waals surface area contributed by atoms with E-state index in [1.165, 1.54) is 11.8 Å². The molecule has 160 valence electrons. The third-order valence-electron chi connectivity index (χ3n) is 5.17. The Morgan fingerprint density at radius 1 is 1.00 bits per heavy atom. The number of para-hydroxylation sites is 2. The van der Waals surface area contributed by atoms with E-state index in [2.05, 4.69) is 10.3 Å². The van der Waals surface area contributed by atoms with Crippen molar-refractivity contribution in [2.75, 3.05) is 4.90 Å². The van der Waals surface area contributed by atoms with Crippen molar-refractivity contribution >= 4 is 46.4 Å². The maximum atomic E-state index is 10.5. The normalized spacial score (nSPS) is 18.0. The molecule has 1 aliphatic heterocycles. The van der Waals surface area contributed by atoms with Crippen molar-refractivity contribution in [3.8, 4) is 5.75 Å². The first-order chi connectivity index (χ1) is 15.6. The predicted molar refractivity (Wildman–Crippen MR) is 130 cm³/mol. The minimum Gasteiger partial charge on any atom is -0.506 e. The molecule has 0 saturated carbocycles. The number of hydrogen-bond acceptors (Lipinski definition) is 5. The lowest BCUT2D eigenvalue weighted by atomic mass is 10.0. The summed E-state index contributed by atoms with van der Waals surface area (Å²) in [5.41, 5.74) is 1.44. The Morgan fingerprint density at radius 2 is 1.78 bits per heavy atom. The lowest BCUT2D eigenvalue weighted by molar-refractivity contribution is 0.382. The van der Waals surface area contributed by atoms with Gasteiger partial charge in [-0.2, -0.15) is 0 Å². The molecule has 2 aromatic carbocycles. The molecule has 5 rings (SSSR count). The van der Waals surface area contributed by atoms with Gasteiger partial charge in [-0.15, -0.1) is 0 Å². The van der Waals surface area contributed by atoms with Crippen molar-refractivity contribution < 1.29 is 9.52 Å². The molecule has 0 radical (unpaired) electrons. The molecule has 0 bridgehead atoms. The first-order valence-electron chi connectivity index (χ1n) is 9.92. The minimum absolute atomic E-state index is 0.144. The number of hydrogen-bond donors (Lipinski definition) is 2. The van der Waals surface area contributed by atoms with E-state index in [-0.39, 0.29) is 17.8 Å². The molecule has 2 atom stereocenters. The fourth-order valence-electron chi connectivity index (χ4n) is 3.74. The largest absolute Gasteiger partial charge is 0.506 e. The van der Waals surface area contributed by atoms with E-state index < -0.39 is 0 Å². The Labute approximate surface area is 200 Å². The highest BCUT2D eigenvalue weighted by Gasteiger charge is 2.43. The van der Waals surface area contributed by atoms with Crippen molar-refractivity contribution in [1.29, 1.82) is 0 Å². The van der Waals surface area contributed by atoms with Crippen LogP contribution in [0.15, 0.2) is 99.5 Å². The van der Waals surface area contributed by atoms with Gasteiger partial charge in [0.25, 0.3) is 0 Å². The van der Waals surface area contributed by atoms with Gasteiger partial charge in [0.1, 0.15) is 17.6 Å². The Balaban J connectivity index is 1.54. The third-order valence-corrected chi connectivity index (χ3v) is 6.66. The summed E-state index contributed by atoms with van der Waals surface area (Å²) in [6, 6.07) is 23.8. The Kier molecular flexibility index (Phi) is 5.78. The number of phenolic OH excluding ortho intramolecular Hbond substituents is 1. The number of anilines is 1. The molecule has 3 heterocycles. The summed E-state index contributed by atoms with van der Waals surface area (Å²) in [5, 5.41) is 15.8. The lowest BCUT2D eigenvalue weighted by Crippen LogP contribution is -2.29. The van der Waals surface area contributed by atoms with Crippen LogP contribution in [-0.4, -0.2) is 15.2 Å². The second-order valence-corrected chi connectivity index (χ2v) is 9.10. The van der Waals surface area contributed by atoms with E-state index >= 15 is 0 Å². The molecule has 4 aromatic rings. The number of pyridine rings is 1. The highest BCUT2D eigenvalue weighted by Crippen LogP contribution is 2.45. The van der Waals surface area contributed by atoms with Crippen molar-refractivity contribution in [1.82, 2.24) is 10.3 Å². The number of nitrogens with zero attached hydrogens (tertiary/aromatic N) is 2. The SMILES string of the molecule is Oc1ccccc1N1C(=S)N[C@@H](c2ccccn2)[C@@H]1c1ccc(Sc2ccc(Cl)cc2)o1. The summed E-state index contributed by atoms with van der Waals surface area (Å²) in [6.07, 6.45) is 1.75. The van der Waals surface area contributed by atoms with Crippen molar-refractivity contribution in [2.45, 2.75) is 22.1 Å². The number of aromatic nitrogens is 1. The van der Waals surface area contributed by atoms with Gasteiger partial charge in [0.15, 0.2) is 10.2 Å². The molecule has 1 saturated heterocycles. The summed E-state index contributed by atoms with van der Waals surface area (Å²) in [5.74, 6) is 0.860. The van der Waals surface area contributed by atoms with Gasteiger partial charge >= 0.3 is 0 Å². The highest BCUT2D eigenvalue weighted by molar-refractivity contribution is 7.99. The van der Waals surface area contributed by atoms with Gasteiger partial charge in [-0.25, -0.2) is 0 Å². The molecule has 32 heavy (non-hydrogen) atoms. The summed E-state index contributed by atoms with van der Waals surface area (Å²) >= 11 is 13.2. The lowest BCUT2D eigenvalue weighted by Gasteiger charge is -2.26. The second kappa shape index (κ2) is 8.86. The number of aromatic hydroxyl groups is 1. The van der Waals surface area contributed by atoms with Crippen LogP contribution in [0.1, 0.15) is 23.5 Å². The topological polar surface area (TPSA) is 61.5 Å². The number of nitrogens with one attached hydrogen (secondary N) is 1. The quantitative estimate of drug-likeness (QED) is 0.323. The fourth-order valence-corrected chi connectivity index (χ4v) is 4.98. The Morgan fingerprint density at radius 3 is 2.53 bits per heavy atom. The highest BCUT2D eigenvalue weighted by atomic mass is 35.5. The molecule has 1 fully saturated rings. The van der Waals surface area contributed by atoms with Crippen LogP contribution in [0.5, 0.6) is 5.75 Å². The summed E-state index contributed by atoms with van der Waals surface area (Å²) in [6.45, 7) is 0. The summed E-state index contributed by atoms with van der Waals surface area (Å²) < 4.78 is 6.27. The molecule has 1 aliphatic rings. The molecule has 0 unspecified atom stereocenters. The van der Waals surface area contributed by atoms with Gasteiger partial charge in [-0.05, 0) is 72.9 Å². The van der Waals surface area contributed by atoms with Gasteiger partial charge in [0.05, 0.1) is 17.4 Å². The summed E-state index contributed by atoms with van der Waals surface area (Å²) in [4.78, 5) is 7.44. The van der Waals surface area contributed by atoms with Crippen LogP contribution >= 0.6 is 35.6 Å². The van der Waals surface area contributed by atoms with Crippen molar-refractivity contribution in [3.05, 3.63) is 102 Å². The van der Waals surface area contributed by atoms with Crippen LogP contribution in [0.25, 0.3) is 0 Å². The van der Waals surface area contributed by atoms with E-state index in [9.17, 15) is 5.11 Å². The second-order valence-electron chi connectivity index (χ2n) is 7.20. The first kappa shape index (κ1) is 20.9. The van der Waals surface area contributed by atoms with E-state index in [0.717, 1.165) is 15.7 Å². The number of benzene rings is 2. The smallest absolute Gasteiger partial charge is 0.174 e. The van der Waals surface area contributed by atoms with Crippen LogP contribution in [0.2, 0.25) is 5.02 Å². The van der Waals surface area contributed by atoms with Gasteiger partial charge in [-0.1, -0.05) is 41.6 Å². The monoisotopic (exact) mass is 479 g/mol. The molecule has 0 spiro atoms. The first-order valence-corrected chi connectivity index (χ1v) is 11.5. The minimum atomic E-state index is -0.328. The molecule has 0 aliphatic carbocycles. The van der Waals surface area contributed by atoms with Crippen LogP contribution < -0.4 is 10.2 Å². The molecule has 5 nitrogen and oxygen atoms in total. The summed E-state index contributed by atoms with van der Waals surface area (Å²) in [7, 11) is 0. The average molecular weight is 480 g/mol. The standard InChI is InChI=1S/C24H18ClN3O2S2/c25-15-8-10-16(11-9-15)32-21-13-12-20(30-21)23-22(17-5-3-4-14-26-17)27-24(31)28(23)18-6-1-2-7-19(18)29/h1-14,22-23,29H,(H,27,31)/t22-,23-/m0/s1. The fraction of sp³-hybridized carbons (Fsp3) is 0.0833. The number of halogens is 1. The number of thiocarbonyl (C=S) groups is 1. The van der Waals surface area contributed by atoms with E-state index in [1.54, 1.807) is 18.3 Å². The zero-order valence-corrected chi connectivity index (χ0v) is 19.1. The van der Waals surface area contributed by atoms with Gasteiger partial charge in [0, 0.05) is 16.1 Å². The zero-order chi connectivity index (χ0) is 22.1. The third kappa shape index (κ3) is 4.07. The van der Waals surface area contributed by atoms with Crippen LogP contribution in [-0.2, 0) is 0 Å². The average Bonchev–Trinajstić information content (AvgIpc) is 3.40. The van der Waals surface area contributed by atoms with Gasteiger partial charge in [-0.3, -0.25) is 4.98 Å². The molecular formula is C24H18ClN3O2S2. The number of furan rings is 1. The van der Waals surface area contributed by atoms with E-state index in [1.807, 2.05) is 71.6 Å². The molecular weight excluding hydrogens is 462 g/mol. The molecule has 8 heteroatoms. The van der Waals surface area contributed by atoms with Crippen LogP contribution in [0, 0.1) is 0 Å². The molecule has 0 amide bonds. The maximum absolute atomic E-state index is 10.5.